The lowest BCUT2D eigenvalue weighted by molar-refractivity contribution is -0.143. The molecule has 1 aliphatic heterocycles. The van der Waals surface area contributed by atoms with Crippen LogP contribution in [0, 0.1) is 0 Å². The number of hydrogen-bond donors (Lipinski definition) is 0. The van der Waals surface area contributed by atoms with Gasteiger partial charge >= 0.3 is 12.4 Å². The van der Waals surface area contributed by atoms with Gasteiger partial charge < -0.3 is 4.90 Å². The fourth-order valence-corrected chi connectivity index (χ4v) is 4.60. The average molecular weight is 421 g/mol. The molecule has 0 N–H and O–H groups in total. The van der Waals surface area contributed by atoms with Gasteiger partial charge in [-0.05, 0) is 31.2 Å². The Morgan fingerprint density at radius 3 is 1.86 bits per heavy atom. The van der Waals surface area contributed by atoms with Crippen molar-refractivity contribution in [2.24, 2.45) is 0 Å². The number of anilines is 1. The summed E-state index contributed by atoms with van der Waals surface area (Å²) in [7, 11) is -2.64. The molecule has 0 saturated heterocycles. The van der Waals surface area contributed by atoms with Crippen LogP contribution in [0.4, 0.5) is 32.0 Å². The number of allylic oxidation sites excluding steroid dienone is 1. The molecule has 0 aromatic heterocycles. The molecule has 1 aliphatic rings. The van der Waals surface area contributed by atoms with Crippen molar-refractivity contribution < 1.29 is 34.8 Å². The van der Waals surface area contributed by atoms with Gasteiger partial charge in [0.2, 0.25) is 9.84 Å². The van der Waals surface area contributed by atoms with E-state index in [1.165, 1.54) is 38.2 Å². The van der Waals surface area contributed by atoms with Gasteiger partial charge in [-0.3, -0.25) is 0 Å². The van der Waals surface area contributed by atoms with Gasteiger partial charge in [-0.1, -0.05) is 18.2 Å². The quantitative estimate of drug-likeness (QED) is 0.615. The maximum Gasteiger partial charge on any atom is 0.416 e. The fraction of sp³-hybridized carbons (Fsp3) is 0.222. The second kappa shape index (κ2) is 6.26. The molecule has 0 radical (unpaired) electrons. The van der Waals surface area contributed by atoms with E-state index < -0.39 is 39.0 Å². The molecule has 0 saturated carbocycles. The van der Waals surface area contributed by atoms with Crippen LogP contribution in [0.15, 0.2) is 52.3 Å². The molecule has 2 aromatic rings. The van der Waals surface area contributed by atoms with Crippen LogP contribution in [0.5, 0.6) is 0 Å². The number of alkyl halides is 6. The molecular formula is C18H13F6NO2S. The Morgan fingerprint density at radius 2 is 1.36 bits per heavy atom. The molecule has 0 spiro atoms. The molecule has 2 aromatic carbocycles. The van der Waals surface area contributed by atoms with Crippen molar-refractivity contribution in [2.45, 2.75) is 24.2 Å². The zero-order valence-electron chi connectivity index (χ0n) is 14.5. The van der Waals surface area contributed by atoms with Crippen LogP contribution in [0.25, 0.3) is 5.70 Å². The summed E-state index contributed by atoms with van der Waals surface area (Å²) in [4.78, 5) is 0.836. The summed E-state index contributed by atoms with van der Waals surface area (Å²) in [6.07, 6.45) is -10.0. The monoisotopic (exact) mass is 421 g/mol. The van der Waals surface area contributed by atoms with Crippen molar-refractivity contribution in [3.05, 3.63) is 64.1 Å². The zero-order valence-corrected chi connectivity index (χ0v) is 15.3. The van der Waals surface area contributed by atoms with Crippen molar-refractivity contribution in [2.75, 3.05) is 11.9 Å². The van der Waals surface area contributed by atoms with Gasteiger partial charge in [-0.25, -0.2) is 8.42 Å². The Hall–Kier alpha value is -2.49. The van der Waals surface area contributed by atoms with Gasteiger partial charge in [-0.2, -0.15) is 26.3 Å². The van der Waals surface area contributed by atoms with Crippen LogP contribution < -0.4 is 4.90 Å². The third-order valence-corrected chi connectivity index (χ3v) is 6.40. The minimum Gasteiger partial charge on any atom is -0.343 e. The van der Waals surface area contributed by atoms with Gasteiger partial charge in [-0.15, -0.1) is 0 Å². The van der Waals surface area contributed by atoms with E-state index in [9.17, 15) is 34.8 Å². The minimum atomic E-state index is -5.00. The Morgan fingerprint density at radius 1 is 0.857 bits per heavy atom. The molecule has 0 atom stereocenters. The lowest BCUT2D eigenvalue weighted by Gasteiger charge is -2.24. The maximum absolute atomic E-state index is 13.1. The lowest BCUT2D eigenvalue weighted by atomic mass is 10.1. The second-order valence-electron chi connectivity index (χ2n) is 6.23. The maximum atomic E-state index is 13.1. The number of rotatable bonds is 2. The highest BCUT2D eigenvalue weighted by Crippen LogP contribution is 2.44. The molecule has 10 heteroatoms. The summed E-state index contributed by atoms with van der Waals surface area (Å²) >= 11 is 0. The summed E-state index contributed by atoms with van der Waals surface area (Å²) in [6.45, 7) is 1.26. The van der Waals surface area contributed by atoms with Crippen molar-refractivity contribution in [3.63, 3.8) is 0 Å². The molecule has 28 heavy (non-hydrogen) atoms. The molecule has 1 heterocycles. The molecule has 0 unspecified atom stereocenters. The number of halogens is 6. The van der Waals surface area contributed by atoms with Crippen LogP contribution in [-0.4, -0.2) is 15.5 Å². The predicted octanol–water partition coefficient (Wildman–Crippen LogP) is 5.34. The summed E-state index contributed by atoms with van der Waals surface area (Å²) in [5.41, 5.74) is -3.13. The second-order valence-corrected chi connectivity index (χ2v) is 8.29. The van der Waals surface area contributed by atoms with Crippen LogP contribution in [0.3, 0.4) is 0 Å². The van der Waals surface area contributed by atoms with Crippen molar-refractivity contribution in [3.8, 4) is 0 Å². The smallest absolute Gasteiger partial charge is 0.343 e. The predicted molar refractivity (Wildman–Crippen MR) is 91.1 cm³/mol. The van der Waals surface area contributed by atoms with Crippen molar-refractivity contribution in [1.29, 1.82) is 0 Å². The normalized spacial score (nSPS) is 16.3. The first kappa shape index (κ1) is 20.2. The Bertz CT molecular complexity index is 1050. The van der Waals surface area contributed by atoms with Crippen molar-refractivity contribution in [1.82, 2.24) is 0 Å². The topological polar surface area (TPSA) is 37.4 Å². The molecule has 3 rings (SSSR count). The Labute approximate surface area is 156 Å². The number of fused-ring (bicyclic) bond motifs is 1. The molecule has 0 fully saturated rings. The van der Waals surface area contributed by atoms with E-state index in [1.807, 2.05) is 0 Å². The van der Waals surface area contributed by atoms with E-state index in [1.54, 1.807) is 0 Å². The molecule has 0 amide bonds. The Balaban J connectivity index is 2.24. The van der Waals surface area contributed by atoms with Crippen molar-refractivity contribution >= 4 is 21.2 Å². The van der Waals surface area contributed by atoms with Crippen LogP contribution >= 0.6 is 0 Å². The molecule has 0 bridgehead atoms. The number of hydrogen-bond acceptors (Lipinski definition) is 3. The van der Waals surface area contributed by atoms with E-state index in [0.29, 0.717) is 12.1 Å². The average Bonchev–Trinajstić information content (AvgIpc) is 2.79. The summed E-state index contributed by atoms with van der Waals surface area (Å²) in [5.74, 6) is 0. The highest BCUT2D eigenvalue weighted by Gasteiger charge is 2.39. The van der Waals surface area contributed by atoms with Gasteiger partial charge in [0, 0.05) is 18.3 Å². The third-order valence-electron chi connectivity index (χ3n) is 4.46. The van der Waals surface area contributed by atoms with Gasteiger partial charge in [0.1, 0.15) is 0 Å². The van der Waals surface area contributed by atoms with Gasteiger partial charge in [0.15, 0.2) is 0 Å². The largest absolute Gasteiger partial charge is 0.416 e. The first-order chi connectivity index (χ1) is 12.7. The number of nitrogens with zero attached hydrogens (tertiary/aromatic N) is 1. The summed E-state index contributed by atoms with van der Waals surface area (Å²) in [6, 6.07) is 6.95. The highest BCUT2D eigenvalue weighted by atomic mass is 32.2. The Kier molecular flexibility index (Phi) is 4.53. The third kappa shape index (κ3) is 3.25. The zero-order chi connectivity index (χ0) is 21.1. The minimum absolute atomic E-state index is 0.0257. The molecule has 150 valence electrons. The fourth-order valence-electron chi connectivity index (χ4n) is 3.06. The van der Waals surface area contributed by atoms with Gasteiger partial charge in [0.25, 0.3) is 0 Å². The summed E-state index contributed by atoms with van der Waals surface area (Å²) in [5, 5.41) is 0. The van der Waals surface area contributed by atoms with E-state index in [0.717, 1.165) is 4.90 Å². The standard InChI is InChI=1S/C18H13F6NO2S/c1-10-16(14-5-3-4-6-15(14)28(10,26)27)25(2)13-8-11(17(19,20)21)7-12(9-13)18(22,23)24/h3-9H,1-2H3. The van der Waals surface area contributed by atoms with E-state index in [4.69, 9.17) is 0 Å². The van der Waals surface area contributed by atoms with E-state index in [2.05, 4.69) is 0 Å². The molecule has 3 nitrogen and oxygen atoms in total. The van der Waals surface area contributed by atoms with Crippen LogP contribution in [-0.2, 0) is 22.2 Å². The first-order valence-corrected chi connectivity index (χ1v) is 9.31. The molecule has 0 aliphatic carbocycles. The van der Waals surface area contributed by atoms with Crippen LogP contribution in [0.1, 0.15) is 23.6 Å². The SMILES string of the molecule is CC1=C(N(C)c2cc(C(F)(F)F)cc(C(F)(F)F)c2)c2ccccc2S1(=O)=O. The number of benzene rings is 2. The highest BCUT2D eigenvalue weighted by molar-refractivity contribution is 7.95. The van der Waals surface area contributed by atoms with E-state index >= 15 is 0 Å². The van der Waals surface area contributed by atoms with Gasteiger partial charge in [0.05, 0.1) is 26.6 Å². The summed E-state index contributed by atoms with van der Waals surface area (Å²) < 4.78 is 104. The van der Waals surface area contributed by atoms with E-state index in [-0.39, 0.29) is 27.1 Å². The molecular weight excluding hydrogens is 408 g/mol. The first-order valence-electron chi connectivity index (χ1n) is 7.83. The van der Waals surface area contributed by atoms with Crippen LogP contribution in [0.2, 0.25) is 0 Å². The number of sulfone groups is 1. The lowest BCUT2D eigenvalue weighted by Crippen LogP contribution is -2.19.